The summed E-state index contributed by atoms with van der Waals surface area (Å²) in [7, 11) is 4.25. The summed E-state index contributed by atoms with van der Waals surface area (Å²) in [5, 5.41) is 2.67. The predicted octanol–water partition coefficient (Wildman–Crippen LogP) is 5.06. The Kier molecular flexibility index (Phi) is 6.37. The normalized spacial score (nSPS) is 14.2. The highest BCUT2D eigenvalue weighted by molar-refractivity contribution is 6.03. The zero-order chi connectivity index (χ0) is 24.5. The smallest absolute Gasteiger partial charge is 0.322 e. The van der Waals surface area contributed by atoms with Crippen LogP contribution in [0.2, 0.25) is 0 Å². The quantitative estimate of drug-likeness (QED) is 0.514. The van der Waals surface area contributed by atoms with Crippen molar-refractivity contribution in [1.82, 2.24) is 9.97 Å². The molecule has 1 aromatic carbocycles. The molecule has 1 N–H and O–H groups in total. The van der Waals surface area contributed by atoms with E-state index in [0.29, 0.717) is 5.75 Å². The molecule has 9 nitrogen and oxygen atoms in total. The number of rotatable bonds is 7. The van der Waals surface area contributed by atoms with Crippen LogP contribution >= 0.6 is 0 Å². The van der Waals surface area contributed by atoms with Gasteiger partial charge in [-0.25, -0.2) is 0 Å². The largest absolute Gasteiger partial charge is 0.479 e. The van der Waals surface area contributed by atoms with Crippen molar-refractivity contribution in [1.29, 1.82) is 0 Å². The zero-order valence-electron chi connectivity index (χ0n) is 20.3. The van der Waals surface area contributed by atoms with Gasteiger partial charge in [0.05, 0.1) is 21.3 Å². The first-order valence-electron chi connectivity index (χ1n) is 11.0. The van der Waals surface area contributed by atoms with E-state index in [2.05, 4.69) is 41.3 Å². The Labute approximate surface area is 198 Å². The summed E-state index contributed by atoms with van der Waals surface area (Å²) in [6.07, 6.45) is 3.40. The van der Waals surface area contributed by atoms with Gasteiger partial charge < -0.3 is 28.7 Å². The number of aromatic nitrogens is 2. The van der Waals surface area contributed by atoms with Gasteiger partial charge in [0.2, 0.25) is 11.8 Å². The monoisotopic (exact) mass is 467 g/mol. The Morgan fingerprint density at radius 3 is 2.41 bits per heavy atom. The van der Waals surface area contributed by atoms with E-state index in [1.807, 2.05) is 6.92 Å². The maximum Gasteiger partial charge on any atom is 0.322 e. The maximum atomic E-state index is 12.9. The van der Waals surface area contributed by atoms with Gasteiger partial charge in [0.15, 0.2) is 11.4 Å². The Hall–Kier alpha value is -3.75. The fraction of sp³-hybridized carbons (Fsp3) is 0.400. The van der Waals surface area contributed by atoms with Crippen molar-refractivity contribution in [2.24, 2.45) is 0 Å². The van der Waals surface area contributed by atoms with E-state index in [4.69, 9.17) is 23.4 Å². The van der Waals surface area contributed by atoms with Crippen molar-refractivity contribution >= 4 is 11.6 Å². The lowest BCUT2D eigenvalue weighted by molar-refractivity contribution is 0.0990. The van der Waals surface area contributed by atoms with Gasteiger partial charge in [-0.15, -0.1) is 0 Å². The van der Waals surface area contributed by atoms with E-state index < -0.39 is 5.91 Å². The summed E-state index contributed by atoms with van der Waals surface area (Å²) < 4.78 is 27.2. The number of carbonyl (C=O) groups excluding carboxylic acids is 1. The molecule has 0 radical (unpaired) electrons. The fourth-order valence-corrected chi connectivity index (χ4v) is 4.23. The molecule has 0 bridgehead atoms. The molecule has 2 heterocycles. The molecule has 1 amide bonds. The summed E-state index contributed by atoms with van der Waals surface area (Å²) in [6, 6.07) is 7.47. The molecule has 0 spiro atoms. The minimum atomic E-state index is -0.538. The Morgan fingerprint density at radius 2 is 1.76 bits per heavy atom. The fourth-order valence-electron chi connectivity index (χ4n) is 4.23. The van der Waals surface area contributed by atoms with Crippen molar-refractivity contribution in [2.75, 3.05) is 26.6 Å². The van der Waals surface area contributed by atoms with Crippen LogP contribution in [0.5, 0.6) is 29.5 Å². The van der Waals surface area contributed by atoms with Crippen molar-refractivity contribution in [2.45, 2.75) is 45.4 Å². The molecule has 0 aliphatic heterocycles. The lowest BCUT2D eigenvalue weighted by Gasteiger charge is -2.33. The third-order valence-corrected chi connectivity index (χ3v) is 6.02. The average Bonchev–Trinajstić information content (AvgIpc) is 3.28. The summed E-state index contributed by atoms with van der Waals surface area (Å²) in [5.41, 5.74) is 3.92. The Balaban J connectivity index is 1.56. The number of nitrogens with zero attached hydrogens (tertiary/aromatic N) is 2. The van der Waals surface area contributed by atoms with E-state index >= 15 is 0 Å². The molecule has 0 unspecified atom stereocenters. The third kappa shape index (κ3) is 4.50. The second-order valence-electron chi connectivity index (χ2n) is 8.79. The van der Waals surface area contributed by atoms with Gasteiger partial charge in [0.25, 0.3) is 11.9 Å². The highest BCUT2D eigenvalue weighted by Crippen LogP contribution is 2.41. The molecule has 34 heavy (non-hydrogen) atoms. The summed E-state index contributed by atoms with van der Waals surface area (Å²) in [5.74, 6) is 0.614. The van der Waals surface area contributed by atoms with Crippen molar-refractivity contribution in [3.05, 3.63) is 46.7 Å². The van der Waals surface area contributed by atoms with Crippen molar-refractivity contribution in [3.63, 3.8) is 0 Å². The Bertz CT molecular complexity index is 1190. The number of amides is 1. The second kappa shape index (κ2) is 9.24. The van der Waals surface area contributed by atoms with Crippen LogP contribution in [0.25, 0.3) is 0 Å². The van der Waals surface area contributed by atoms with Gasteiger partial charge >= 0.3 is 6.01 Å². The number of aryl methyl sites for hydroxylation is 2. The topological polar surface area (TPSA) is 105 Å². The Morgan fingerprint density at radius 1 is 1.06 bits per heavy atom. The molecular formula is C25H29N3O6. The number of benzene rings is 1. The van der Waals surface area contributed by atoms with Gasteiger partial charge in [-0.2, -0.15) is 9.97 Å². The number of methoxy groups -OCH3 is 3. The molecule has 0 fully saturated rings. The zero-order valence-corrected chi connectivity index (χ0v) is 20.3. The molecule has 9 heteroatoms. The minimum Gasteiger partial charge on any atom is -0.479 e. The first-order chi connectivity index (χ1) is 16.2. The number of furan rings is 1. The molecular weight excluding hydrogens is 438 g/mol. The van der Waals surface area contributed by atoms with E-state index in [1.54, 1.807) is 6.07 Å². The third-order valence-electron chi connectivity index (χ3n) is 6.02. The van der Waals surface area contributed by atoms with Crippen LogP contribution in [0.15, 0.2) is 28.7 Å². The molecule has 0 saturated heterocycles. The van der Waals surface area contributed by atoms with Crippen LogP contribution < -0.4 is 24.3 Å². The second-order valence-corrected chi connectivity index (χ2v) is 8.79. The van der Waals surface area contributed by atoms with Crippen LogP contribution in [0.3, 0.4) is 0 Å². The maximum absolute atomic E-state index is 12.9. The highest BCUT2D eigenvalue weighted by Gasteiger charge is 2.29. The molecule has 1 aliphatic carbocycles. The summed E-state index contributed by atoms with van der Waals surface area (Å²) >= 11 is 0. The molecule has 180 valence electrons. The summed E-state index contributed by atoms with van der Waals surface area (Å²) in [4.78, 5) is 21.0. The standard InChI is InChI=1S/C25H29N3O6/c1-14-12-15-8-7-11-25(2,3)16(15)13-18(14)34-19-10-9-17(33-19)21(29)26-20-22(30-4)27-24(32-6)28-23(20)31-5/h9-10,12-13H,7-8,11H2,1-6H3,(H,26,29). The number of carbonyl (C=O) groups is 1. The van der Waals surface area contributed by atoms with Crippen LogP contribution in [0.4, 0.5) is 5.69 Å². The first-order valence-corrected chi connectivity index (χ1v) is 11.0. The molecule has 4 rings (SSSR count). The van der Waals surface area contributed by atoms with E-state index in [9.17, 15) is 4.79 Å². The number of fused-ring (bicyclic) bond motifs is 1. The number of nitrogens with one attached hydrogen (secondary N) is 1. The van der Waals surface area contributed by atoms with Crippen molar-refractivity contribution in [3.8, 4) is 29.5 Å². The first kappa shape index (κ1) is 23.4. The average molecular weight is 468 g/mol. The van der Waals surface area contributed by atoms with E-state index in [1.165, 1.54) is 44.9 Å². The molecule has 1 aliphatic rings. The van der Waals surface area contributed by atoms with Gasteiger partial charge in [-0.3, -0.25) is 4.79 Å². The van der Waals surface area contributed by atoms with Gasteiger partial charge in [-0.1, -0.05) is 19.9 Å². The molecule has 3 aromatic rings. The van der Waals surface area contributed by atoms with Crippen LogP contribution in [-0.2, 0) is 11.8 Å². The predicted molar refractivity (Wildman–Crippen MR) is 126 cm³/mol. The van der Waals surface area contributed by atoms with E-state index in [-0.39, 0.29) is 40.6 Å². The minimum absolute atomic E-state index is 0.0454. The number of hydrogen-bond donors (Lipinski definition) is 1. The molecule has 2 aromatic heterocycles. The van der Waals surface area contributed by atoms with Gasteiger partial charge in [0, 0.05) is 6.07 Å². The van der Waals surface area contributed by atoms with Crippen LogP contribution in [-0.4, -0.2) is 37.2 Å². The van der Waals surface area contributed by atoms with Gasteiger partial charge in [-0.05, 0) is 60.4 Å². The van der Waals surface area contributed by atoms with Gasteiger partial charge in [0.1, 0.15) is 5.75 Å². The lowest BCUT2D eigenvalue weighted by Crippen LogP contribution is -2.23. The number of hydrogen-bond acceptors (Lipinski definition) is 8. The van der Waals surface area contributed by atoms with Crippen molar-refractivity contribution < 1.29 is 28.2 Å². The highest BCUT2D eigenvalue weighted by atomic mass is 16.6. The van der Waals surface area contributed by atoms with Crippen LogP contribution in [0, 0.1) is 6.92 Å². The number of anilines is 1. The molecule has 0 saturated carbocycles. The molecule has 0 atom stereocenters. The number of ether oxygens (including phenoxy) is 4. The summed E-state index contributed by atoms with van der Waals surface area (Å²) in [6.45, 7) is 6.52. The lowest BCUT2D eigenvalue weighted by atomic mass is 9.72. The van der Waals surface area contributed by atoms with Crippen LogP contribution in [0.1, 0.15) is 53.9 Å². The SMILES string of the molecule is COc1nc(OC)c(NC(=O)c2ccc(Oc3cc4c(cc3C)CCCC4(C)C)o2)c(OC)n1. The van der Waals surface area contributed by atoms with E-state index in [0.717, 1.165) is 18.4 Å².